The van der Waals surface area contributed by atoms with Crippen LogP contribution in [-0.2, 0) is 14.4 Å². The van der Waals surface area contributed by atoms with E-state index in [1.807, 2.05) is 0 Å². The normalized spacial score (nSPS) is 21.5. The average molecular weight is 341 g/mol. The lowest BCUT2D eigenvalue weighted by atomic mass is 10.0. The molecule has 0 aliphatic carbocycles. The second-order valence-electron chi connectivity index (χ2n) is 6.60. The number of aliphatic hydroxyl groups is 1. The summed E-state index contributed by atoms with van der Waals surface area (Å²) in [5, 5.41) is 12.3. The van der Waals surface area contributed by atoms with Crippen molar-refractivity contribution in [1.29, 1.82) is 0 Å². The maximum Gasteiger partial charge on any atom is 0.243 e. The predicted molar refractivity (Wildman–Crippen MR) is 90.9 cm³/mol. The number of primary amides is 1. The third kappa shape index (κ3) is 6.47. The fraction of sp³-hybridized carbons (Fsp3) is 0.824. The number of nitrogens with zero attached hydrogens (tertiary/aromatic N) is 1. The van der Waals surface area contributed by atoms with E-state index in [-0.39, 0.29) is 18.9 Å². The number of hydrogen-bond acceptors (Lipinski definition) is 4. The van der Waals surface area contributed by atoms with Crippen LogP contribution in [0.25, 0.3) is 0 Å². The summed E-state index contributed by atoms with van der Waals surface area (Å²) in [6.07, 6.45) is 6.48. The quantitative estimate of drug-likeness (QED) is 0.507. The highest BCUT2D eigenvalue weighted by molar-refractivity contribution is 5.91. The molecule has 1 aliphatic rings. The molecule has 0 saturated carbocycles. The SMILES string of the molecule is CCCCCCCC[C@@H](NC(=O)[C@@H]1C[C@@H](O)CN1C(C)=O)C(N)=O. The zero-order valence-electron chi connectivity index (χ0n) is 14.8. The molecule has 138 valence electrons. The van der Waals surface area contributed by atoms with Crippen molar-refractivity contribution in [2.75, 3.05) is 6.54 Å². The molecule has 7 nitrogen and oxygen atoms in total. The van der Waals surface area contributed by atoms with Gasteiger partial charge in [-0.2, -0.15) is 0 Å². The molecule has 1 aliphatic heterocycles. The van der Waals surface area contributed by atoms with Crippen LogP contribution in [0, 0.1) is 0 Å². The maximum absolute atomic E-state index is 12.4. The van der Waals surface area contributed by atoms with Crippen LogP contribution >= 0.6 is 0 Å². The van der Waals surface area contributed by atoms with Gasteiger partial charge in [0.15, 0.2) is 0 Å². The molecule has 3 amide bonds. The average Bonchev–Trinajstić information content (AvgIpc) is 2.91. The van der Waals surface area contributed by atoms with Gasteiger partial charge in [0.1, 0.15) is 12.1 Å². The minimum Gasteiger partial charge on any atom is -0.391 e. The molecule has 7 heteroatoms. The Hall–Kier alpha value is -1.63. The largest absolute Gasteiger partial charge is 0.391 e. The zero-order valence-corrected chi connectivity index (χ0v) is 14.8. The Balaban J connectivity index is 2.47. The zero-order chi connectivity index (χ0) is 18.1. The number of amides is 3. The number of β-amino-alcohol motifs (C(OH)–C–C–N with tert-alkyl or cyclic N) is 1. The molecule has 1 rings (SSSR count). The van der Waals surface area contributed by atoms with E-state index in [2.05, 4.69) is 12.2 Å². The Morgan fingerprint density at radius 1 is 1.21 bits per heavy atom. The third-order valence-corrected chi connectivity index (χ3v) is 4.49. The highest BCUT2D eigenvalue weighted by atomic mass is 16.3. The van der Waals surface area contributed by atoms with Gasteiger partial charge in [0.05, 0.1) is 6.10 Å². The molecule has 4 N–H and O–H groups in total. The fourth-order valence-electron chi connectivity index (χ4n) is 3.09. The van der Waals surface area contributed by atoms with Crippen molar-refractivity contribution in [3.8, 4) is 0 Å². The summed E-state index contributed by atoms with van der Waals surface area (Å²) in [5.74, 6) is -1.25. The smallest absolute Gasteiger partial charge is 0.243 e. The molecule has 0 aromatic carbocycles. The maximum atomic E-state index is 12.4. The van der Waals surface area contributed by atoms with Gasteiger partial charge in [-0.05, 0) is 6.42 Å². The summed E-state index contributed by atoms with van der Waals surface area (Å²) in [6.45, 7) is 3.66. The Bertz CT molecular complexity index is 442. The van der Waals surface area contributed by atoms with Crippen LogP contribution in [0.2, 0.25) is 0 Å². The Morgan fingerprint density at radius 3 is 2.42 bits per heavy atom. The van der Waals surface area contributed by atoms with Crippen LogP contribution in [0.3, 0.4) is 0 Å². The third-order valence-electron chi connectivity index (χ3n) is 4.49. The summed E-state index contributed by atoms with van der Waals surface area (Å²) < 4.78 is 0. The van der Waals surface area contributed by atoms with Gasteiger partial charge in [0.25, 0.3) is 0 Å². The predicted octanol–water partition coefficient (Wildman–Crippen LogP) is 0.689. The Morgan fingerprint density at radius 2 is 1.83 bits per heavy atom. The lowest BCUT2D eigenvalue weighted by molar-refractivity contribution is -0.138. The highest BCUT2D eigenvalue weighted by Crippen LogP contribution is 2.18. The summed E-state index contributed by atoms with van der Waals surface area (Å²) >= 11 is 0. The Labute approximate surface area is 144 Å². The van der Waals surface area contributed by atoms with Gasteiger partial charge in [0.2, 0.25) is 17.7 Å². The van der Waals surface area contributed by atoms with E-state index in [1.54, 1.807) is 0 Å². The summed E-state index contributed by atoms with van der Waals surface area (Å²) in [7, 11) is 0. The van der Waals surface area contributed by atoms with Gasteiger partial charge in [-0.1, -0.05) is 45.4 Å². The van der Waals surface area contributed by atoms with Crippen LogP contribution < -0.4 is 11.1 Å². The molecule has 0 aromatic heterocycles. The molecule has 0 spiro atoms. The van der Waals surface area contributed by atoms with Crippen molar-refractivity contribution < 1.29 is 19.5 Å². The van der Waals surface area contributed by atoms with Crippen molar-refractivity contribution >= 4 is 17.7 Å². The van der Waals surface area contributed by atoms with E-state index in [0.717, 1.165) is 19.3 Å². The van der Waals surface area contributed by atoms with E-state index in [4.69, 9.17) is 5.73 Å². The molecular formula is C17H31N3O4. The molecule has 1 saturated heterocycles. The topological polar surface area (TPSA) is 113 Å². The molecule has 0 radical (unpaired) electrons. The lowest BCUT2D eigenvalue weighted by Gasteiger charge is -2.24. The van der Waals surface area contributed by atoms with Crippen LogP contribution in [0.5, 0.6) is 0 Å². The number of hydrogen-bond donors (Lipinski definition) is 3. The summed E-state index contributed by atoms with van der Waals surface area (Å²) in [4.78, 5) is 36.8. The molecule has 1 fully saturated rings. The van der Waals surface area contributed by atoms with E-state index in [1.165, 1.54) is 31.1 Å². The number of likely N-dealkylation sites (tertiary alicyclic amines) is 1. The van der Waals surface area contributed by atoms with Gasteiger partial charge in [-0.25, -0.2) is 0 Å². The van der Waals surface area contributed by atoms with Crippen molar-refractivity contribution in [3.63, 3.8) is 0 Å². The van der Waals surface area contributed by atoms with E-state index in [0.29, 0.717) is 6.42 Å². The standard InChI is InChI=1S/C17H31N3O4/c1-3-4-5-6-7-8-9-14(16(18)23)19-17(24)15-10-13(22)11-20(15)12(2)21/h13-15,22H,3-11H2,1-2H3,(H2,18,23)(H,19,24)/t13-,14-,15+/m1/s1. The van der Waals surface area contributed by atoms with Crippen molar-refractivity contribution in [2.24, 2.45) is 5.73 Å². The second kappa shape index (κ2) is 10.3. The number of nitrogens with two attached hydrogens (primary N) is 1. The van der Waals surface area contributed by atoms with Gasteiger partial charge in [-0.3, -0.25) is 14.4 Å². The van der Waals surface area contributed by atoms with Crippen molar-refractivity contribution in [2.45, 2.75) is 83.4 Å². The molecule has 0 bridgehead atoms. The van der Waals surface area contributed by atoms with E-state index in [9.17, 15) is 19.5 Å². The van der Waals surface area contributed by atoms with Crippen LogP contribution in [0.1, 0.15) is 65.2 Å². The van der Waals surface area contributed by atoms with E-state index >= 15 is 0 Å². The first-order valence-electron chi connectivity index (χ1n) is 8.91. The number of carbonyl (C=O) groups is 3. The number of unbranched alkanes of at least 4 members (excludes halogenated alkanes) is 5. The molecular weight excluding hydrogens is 310 g/mol. The van der Waals surface area contributed by atoms with Gasteiger partial charge in [-0.15, -0.1) is 0 Å². The van der Waals surface area contributed by atoms with Crippen molar-refractivity contribution in [3.05, 3.63) is 0 Å². The van der Waals surface area contributed by atoms with Gasteiger partial charge < -0.3 is 21.1 Å². The summed E-state index contributed by atoms with van der Waals surface area (Å²) in [6, 6.07) is -1.46. The van der Waals surface area contributed by atoms with Crippen LogP contribution in [-0.4, -0.2) is 52.5 Å². The molecule has 24 heavy (non-hydrogen) atoms. The first kappa shape index (κ1) is 20.4. The number of rotatable bonds is 10. The fourth-order valence-corrected chi connectivity index (χ4v) is 3.09. The first-order chi connectivity index (χ1) is 11.4. The van der Waals surface area contributed by atoms with Crippen molar-refractivity contribution in [1.82, 2.24) is 10.2 Å². The minimum atomic E-state index is -0.732. The minimum absolute atomic E-state index is 0.145. The number of nitrogens with one attached hydrogen (secondary N) is 1. The lowest BCUT2D eigenvalue weighted by Crippen LogP contribution is -2.51. The number of aliphatic hydroxyl groups excluding tert-OH is 1. The number of carbonyl (C=O) groups excluding carboxylic acids is 3. The van der Waals surface area contributed by atoms with Crippen LogP contribution in [0.15, 0.2) is 0 Å². The molecule has 1 heterocycles. The van der Waals surface area contributed by atoms with Crippen LogP contribution in [0.4, 0.5) is 0 Å². The van der Waals surface area contributed by atoms with E-state index < -0.39 is 30.0 Å². The Kier molecular flexibility index (Phi) is 8.74. The summed E-state index contributed by atoms with van der Waals surface area (Å²) in [5.41, 5.74) is 5.38. The molecule has 3 atom stereocenters. The van der Waals surface area contributed by atoms with Gasteiger partial charge >= 0.3 is 0 Å². The second-order valence-corrected chi connectivity index (χ2v) is 6.60. The highest BCUT2D eigenvalue weighted by Gasteiger charge is 2.38. The molecule has 0 unspecified atom stereocenters. The van der Waals surface area contributed by atoms with Gasteiger partial charge in [0, 0.05) is 19.9 Å². The molecule has 0 aromatic rings. The first-order valence-corrected chi connectivity index (χ1v) is 8.91. The monoisotopic (exact) mass is 341 g/mol.